The zero-order valence-electron chi connectivity index (χ0n) is 14.9. The predicted octanol–water partition coefficient (Wildman–Crippen LogP) is 5.50. The molecule has 0 radical (unpaired) electrons. The molecular weight excluding hydrogens is 400 g/mol. The third kappa shape index (κ3) is 3.99. The zero-order chi connectivity index (χ0) is 18.8. The fourth-order valence-corrected chi connectivity index (χ4v) is 4.90. The van der Waals surface area contributed by atoms with Gasteiger partial charge in [-0.1, -0.05) is 35.1 Å². The maximum Gasteiger partial charge on any atom is 0.260 e. The highest BCUT2D eigenvalue weighted by Gasteiger charge is 2.27. The summed E-state index contributed by atoms with van der Waals surface area (Å²) in [4.78, 5) is 20.8. The van der Waals surface area contributed by atoms with Crippen LogP contribution in [0.15, 0.2) is 47.4 Å². The number of thioether (sulfide) groups is 1. The Labute approximate surface area is 171 Å². The number of para-hydroxylation sites is 1. The minimum Gasteiger partial charge on any atom is -0.376 e. The second kappa shape index (κ2) is 8.19. The van der Waals surface area contributed by atoms with Crippen LogP contribution < -0.4 is 4.90 Å². The molecule has 7 heteroatoms. The molecule has 1 aliphatic heterocycles. The molecule has 0 spiro atoms. The Morgan fingerprint density at radius 1 is 1.37 bits per heavy atom. The molecule has 0 aliphatic carbocycles. The number of nitrogens with zero attached hydrogens (tertiary/aromatic N) is 2. The maximum absolute atomic E-state index is 13.4. The highest BCUT2D eigenvalue weighted by atomic mass is 35.5. The molecule has 3 aromatic rings. The number of halogens is 1. The van der Waals surface area contributed by atoms with E-state index >= 15 is 0 Å². The lowest BCUT2D eigenvalue weighted by Crippen LogP contribution is -2.37. The van der Waals surface area contributed by atoms with Gasteiger partial charge < -0.3 is 4.74 Å². The molecule has 1 saturated heterocycles. The van der Waals surface area contributed by atoms with Crippen molar-refractivity contribution in [3.05, 3.63) is 53.1 Å². The van der Waals surface area contributed by atoms with Crippen LogP contribution in [0.2, 0.25) is 5.02 Å². The van der Waals surface area contributed by atoms with Crippen LogP contribution in [0.25, 0.3) is 10.2 Å². The summed E-state index contributed by atoms with van der Waals surface area (Å²) in [7, 11) is 0. The van der Waals surface area contributed by atoms with Crippen molar-refractivity contribution in [2.24, 2.45) is 0 Å². The van der Waals surface area contributed by atoms with Crippen LogP contribution in [0.1, 0.15) is 23.2 Å². The summed E-state index contributed by atoms with van der Waals surface area (Å²) in [6, 6.07) is 13.4. The van der Waals surface area contributed by atoms with Crippen molar-refractivity contribution in [3.8, 4) is 0 Å². The number of rotatable bonds is 5. The second-order valence-electron chi connectivity index (χ2n) is 6.37. The number of carbonyl (C=O) groups excluding carboxylic acids is 1. The van der Waals surface area contributed by atoms with Crippen molar-refractivity contribution >= 4 is 56.0 Å². The molecule has 140 valence electrons. The van der Waals surface area contributed by atoms with Gasteiger partial charge in [0.25, 0.3) is 5.91 Å². The predicted molar refractivity (Wildman–Crippen MR) is 114 cm³/mol. The number of ether oxygens (including phenoxy) is 1. The van der Waals surface area contributed by atoms with E-state index in [1.165, 1.54) is 11.3 Å². The third-order valence-electron chi connectivity index (χ3n) is 4.56. The topological polar surface area (TPSA) is 42.4 Å². The number of hydrogen-bond donors (Lipinski definition) is 0. The number of hydrogen-bond acceptors (Lipinski definition) is 5. The maximum atomic E-state index is 13.4. The first-order valence-electron chi connectivity index (χ1n) is 8.78. The molecule has 1 unspecified atom stereocenters. The SMILES string of the molecule is CSc1cccc(C(=O)N(CC2CCCO2)c2nc3c(Cl)cccc3s2)c1. The van der Waals surface area contributed by atoms with Gasteiger partial charge in [0.05, 0.1) is 22.4 Å². The van der Waals surface area contributed by atoms with Crippen molar-refractivity contribution in [3.63, 3.8) is 0 Å². The Morgan fingerprint density at radius 2 is 2.22 bits per heavy atom. The second-order valence-corrected chi connectivity index (χ2v) is 8.66. The average molecular weight is 419 g/mol. The third-order valence-corrected chi connectivity index (χ3v) is 6.64. The summed E-state index contributed by atoms with van der Waals surface area (Å²) in [6.07, 6.45) is 4.03. The minimum atomic E-state index is -0.0587. The van der Waals surface area contributed by atoms with Gasteiger partial charge in [-0.05, 0) is 49.4 Å². The lowest BCUT2D eigenvalue weighted by atomic mass is 10.2. The first kappa shape index (κ1) is 18.7. The molecule has 1 atom stereocenters. The van der Waals surface area contributed by atoms with Gasteiger partial charge in [-0.2, -0.15) is 0 Å². The highest BCUT2D eigenvalue weighted by molar-refractivity contribution is 7.98. The molecule has 27 heavy (non-hydrogen) atoms. The van der Waals surface area contributed by atoms with E-state index in [2.05, 4.69) is 4.98 Å². The number of thiazole rings is 1. The average Bonchev–Trinajstić information content (AvgIpc) is 3.36. The van der Waals surface area contributed by atoms with Crippen LogP contribution in [0, 0.1) is 0 Å². The molecule has 1 aromatic heterocycles. The Bertz CT molecular complexity index is 970. The number of amides is 1. The van der Waals surface area contributed by atoms with Gasteiger partial charge in [-0.15, -0.1) is 11.8 Å². The van der Waals surface area contributed by atoms with Crippen LogP contribution in [0.5, 0.6) is 0 Å². The molecular formula is C20H19ClN2O2S2. The first-order chi connectivity index (χ1) is 13.2. The molecule has 2 aromatic carbocycles. The van der Waals surface area contributed by atoms with Gasteiger partial charge in [-0.25, -0.2) is 4.98 Å². The van der Waals surface area contributed by atoms with E-state index < -0.39 is 0 Å². The quantitative estimate of drug-likeness (QED) is 0.513. The van der Waals surface area contributed by atoms with Gasteiger partial charge in [0.15, 0.2) is 5.13 Å². The van der Waals surface area contributed by atoms with E-state index in [-0.39, 0.29) is 12.0 Å². The van der Waals surface area contributed by atoms with E-state index in [1.807, 2.05) is 48.7 Å². The minimum absolute atomic E-state index is 0.0418. The molecule has 1 aliphatic rings. The molecule has 1 amide bonds. The monoisotopic (exact) mass is 418 g/mol. The largest absolute Gasteiger partial charge is 0.376 e. The van der Waals surface area contributed by atoms with Crippen LogP contribution in [-0.2, 0) is 4.74 Å². The van der Waals surface area contributed by atoms with Crippen LogP contribution in [-0.4, -0.2) is 36.4 Å². The number of fused-ring (bicyclic) bond motifs is 1. The molecule has 4 nitrogen and oxygen atoms in total. The van der Waals surface area contributed by atoms with E-state index in [9.17, 15) is 4.79 Å². The molecule has 4 rings (SSSR count). The van der Waals surface area contributed by atoms with Gasteiger partial charge >= 0.3 is 0 Å². The van der Waals surface area contributed by atoms with Crippen molar-refractivity contribution in [1.29, 1.82) is 0 Å². The highest BCUT2D eigenvalue weighted by Crippen LogP contribution is 2.34. The van der Waals surface area contributed by atoms with Crippen molar-refractivity contribution < 1.29 is 9.53 Å². The Balaban J connectivity index is 1.72. The summed E-state index contributed by atoms with van der Waals surface area (Å²) in [5, 5.41) is 1.26. The molecule has 2 heterocycles. The first-order valence-corrected chi connectivity index (χ1v) is 11.2. The van der Waals surface area contributed by atoms with E-state index in [0.29, 0.717) is 22.3 Å². The van der Waals surface area contributed by atoms with Crippen LogP contribution in [0.4, 0.5) is 5.13 Å². The summed E-state index contributed by atoms with van der Waals surface area (Å²) >= 11 is 9.40. The lowest BCUT2D eigenvalue weighted by Gasteiger charge is -2.23. The molecule has 0 bridgehead atoms. The van der Waals surface area contributed by atoms with Crippen molar-refractivity contribution in [2.45, 2.75) is 23.8 Å². The lowest BCUT2D eigenvalue weighted by molar-refractivity contribution is 0.0917. The molecule has 1 fully saturated rings. The van der Waals surface area contributed by atoms with Gasteiger partial charge in [-0.3, -0.25) is 9.69 Å². The molecule has 0 saturated carbocycles. The fraction of sp³-hybridized carbons (Fsp3) is 0.300. The zero-order valence-corrected chi connectivity index (χ0v) is 17.2. The Morgan fingerprint density at radius 3 is 2.96 bits per heavy atom. The van der Waals surface area contributed by atoms with Crippen molar-refractivity contribution in [1.82, 2.24) is 4.98 Å². The van der Waals surface area contributed by atoms with Gasteiger partial charge in [0.2, 0.25) is 0 Å². The standard InChI is InChI=1S/C20H19ClN2O2S2/c1-26-15-7-2-5-13(11-15)19(24)23(12-14-6-4-10-25-14)20-22-18-16(21)8-3-9-17(18)27-20/h2-3,5,7-9,11,14H,4,6,10,12H2,1H3. The number of aromatic nitrogens is 1. The number of benzene rings is 2. The summed E-state index contributed by atoms with van der Waals surface area (Å²) < 4.78 is 6.76. The molecule has 0 N–H and O–H groups in total. The Kier molecular flexibility index (Phi) is 5.68. The Hall–Kier alpha value is -1.60. The van der Waals surface area contributed by atoms with Crippen LogP contribution >= 0.6 is 34.7 Å². The van der Waals surface area contributed by atoms with Gasteiger partial charge in [0.1, 0.15) is 5.52 Å². The summed E-state index contributed by atoms with van der Waals surface area (Å²) in [6.45, 7) is 1.25. The van der Waals surface area contributed by atoms with E-state index in [1.54, 1.807) is 16.7 Å². The summed E-state index contributed by atoms with van der Waals surface area (Å²) in [5.41, 5.74) is 1.40. The van der Waals surface area contributed by atoms with Crippen LogP contribution in [0.3, 0.4) is 0 Å². The normalized spacial score (nSPS) is 16.7. The van der Waals surface area contributed by atoms with Gasteiger partial charge in [0, 0.05) is 17.1 Å². The van der Waals surface area contributed by atoms with E-state index in [0.717, 1.165) is 34.6 Å². The van der Waals surface area contributed by atoms with Crippen molar-refractivity contribution in [2.75, 3.05) is 24.3 Å². The summed E-state index contributed by atoms with van der Waals surface area (Å²) in [5.74, 6) is -0.0587. The number of carbonyl (C=O) groups is 1. The van der Waals surface area contributed by atoms with E-state index in [4.69, 9.17) is 16.3 Å². The fourth-order valence-electron chi connectivity index (χ4n) is 3.17. The smallest absolute Gasteiger partial charge is 0.260 e. The number of anilines is 1.